The molecule has 0 spiro atoms. The molecule has 2 rings (SSSR count). The first-order valence-electron chi connectivity index (χ1n) is 4.85. The number of nitrogens with zero attached hydrogens (tertiary/aromatic N) is 1. The van der Waals surface area contributed by atoms with E-state index in [0.29, 0.717) is 11.5 Å². The van der Waals surface area contributed by atoms with Gasteiger partial charge in [-0.25, -0.2) is 9.37 Å². The van der Waals surface area contributed by atoms with Gasteiger partial charge in [0.25, 0.3) is 0 Å². The van der Waals surface area contributed by atoms with Crippen molar-refractivity contribution in [1.29, 1.82) is 0 Å². The highest BCUT2D eigenvalue weighted by atomic mass is 19.1. The first kappa shape index (κ1) is 10.4. The van der Waals surface area contributed by atoms with Crippen LogP contribution in [0.4, 0.5) is 10.2 Å². The van der Waals surface area contributed by atoms with Crippen molar-refractivity contribution in [3.8, 4) is 11.5 Å². The van der Waals surface area contributed by atoms with Crippen LogP contribution >= 0.6 is 0 Å². The molecule has 0 saturated heterocycles. The average molecular weight is 218 g/mol. The van der Waals surface area contributed by atoms with Crippen LogP contribution in [0.1, 0.15) is 0 Å². The molecule has 0 radical (unpaired) electrons. The number of benzene rings is 1. The number of pyridine rings is 1. The van der Waals surface area contributed by atoms with Gasteiger partial charge in [-0.3, -0.25) is 0 Å². The second kappa shape index (κ2) is 4.61. The third kappa shape index (κ3) is 2.48. The van der Waals surface area contributed by atoms with Crippen LogP contribution in [0, 0.1) is 5.82 Å². The molecule has 16 heavy (non-hydrogen) atoms. The van der Waals surface area contributed by atoms with E-state index >= 15 is 0 Å². The normalized spacial score (nSPS) is 9.88. The fraction of sp³-hybridized carbons (Fsp3) is 0.0833. The Morgan fingerprint density at radius 1 is 1.12 bits per heavy atom. The molecule has 0 aliphatic heterocycles. The van der Waals surface area contributed by atoms with Gasteiger partial charge in [-0.15, -0.1) is 0 Å². The highest BCUT2D eigenvalue weighted by molar-refractivity contribution is 5.41. The number of halogens is 1. The monoisotopic (exact) mass is 218 g/mol. The van der Waals surface area contributed by atoms with Gasteiger partial charge in [0.1, 0.15) is 23.1 Å². The first-order valence-corrected chi connectivity index (χ1v) is 4.85. The van der Waals surface area contributed by atoms with Crippen LogP contribution in [0.15, 0.2) is 42.6 Å². The van der Waals surface area contributed by atoms with Crippen molar-refractivity contribution in [1.82, 2.24) is 4.98 Å². The van der Waals surface area contributed by atoms with Crippen LogP contribution < -0.4 is 10.1 Å². The fourth-order valence-corrected chi connectivity index (χ4v) is 1.25. The summed E-state index contributed by atoms with van der Waals surface area (Å²) in [5.74, 6) is 1.69. The van der Waals surface area contributed by atoms with E-state index in [0.717, 1.165) is 5.82 Å². The van der Waals surface area contributed by atoms with Crippen LogP contribution in [0.2, 0.25) is 0 Å². The Kier molecular flexibility index (Phi) is 3.00. The standard InChI is InChI=1S/C12H11FN2O/c1-14-12-8-11(6-7-15-12)16-10-4-2-9(13)3-5-10/h2-8H,1H3,(H,14,15). The molecule has 1 N–H and O–H groups in total. The highest BCUT2D eigenvalue weighted by Gasteiger charge is 1.99. The van der Waals surface area contributed by atoms with Crippen LogP contribution in [-0.4, -0.2) is 12.0 Å². The molecule has 0 bridgehead atoms. The summed E-state index contributed by atoms with van der Waals surface area (Å²) in [7, 11) is 1.78. The minimum Gasteiger partial charge on any atom is -0.457 e. The molecule has 4 heteroatoms. The number of nitrogens with one attached hydrogen (secondary N) is 1. The van der Waals surface area contributed by atoms with Gasteiger partial charge >= 0.3 is 0 Å². The molecular formula is C12H11FN2O. The van der Waals surface area contributed by atoms with E-state index < -0.39 is 0 Å². The van der Waals surface area contributed by atoms with Crippen molar-refractivity contribution < 1.29 is 9.13 Å². The molecule has 0 saturated carbocycles. The second-order valence-corrected chi connectivity index (χ2v) is 3.18. The Hall–Kier alpha value is -2.10. The molecule has 0 aliphatic rings. The summed E-state index contributed by atoms with van der Waals surface area (Å²) in [6, 6.07) is 9.38. The SMILES string of the molecule is CNc1cc(Oc2ccc(F)cc2)ccn1. The fourth-order valence-electron chi connectivity index (χ4n) is 1.25. The zero-order valence-electron chi connectivity index (χ0n) is 8.77. The van der Waals surface area contributed by atoms with Gasteiger partial charge in [0.2, 0.25) is 0 Å². The molecule has 1 aromatic heterocycles. The van der Waals surface area contributed by atoms with Gasteiger partial charge in [0, 0.05) is 19.3 Å². The van der Waals surface area contributed by atoms with Crippen molar-refractivity contribution in [2.75, 3.05) is 12.4 Å². The van der Waals surface area contributed by atoms with Crippen LogP contribution in [0.5, 0.6) is 11.5 Å². The summed E-state index contributed by atoms with van der Waals surface area (Å²) in [5.41, 5.74) is 0. The molecule has 0 fully saturated rings. The van der Waals surface area contributed by atoms with E-state index in [2.05, 4.69) is 10.3 Å². The van der Waals surface area contributed by atoms with Gasteiger partial charge in [-0.05, 0) is 30.3 Å². The molecular weight excluding hydrogens is 207 g/mol. The molecule has 1 aromatic carbocycles. The minimum absolute atomic E-state index is 0.280. The van der Waals surface area contributed by atoms with E-state index in [1.807, 2.05) is 0 Å². The maximum Gasteiger partial charge on any atom is 0.132 e. The maximum absolute atomic E-state index is 12.7. The number of hydrogen-bond acceptors (Lipinski definition) is 3. The summed E-state index contributed by atoms with van der Waals surface area (Å²) in [6.07, 6.45) is 1.64. The summed E-state index contributed by atoms with van der Waals surface area (Å²) >= 11 is 0. The lowest BCUT2D eigenvalue weighted by Crippen LogP contribution is -1.92. The quantitative estimate of drug-likeness (QED) is 0.859. The van der Waals surface area contributed by atoms with Gasteiger partial charge in [0.05, 0.1) is 0 Å². The third-order valence-corrected chi connectivity index (χ3v) is 2.04. The highest BCUT2D eigenvalue weighted by Crippen LogP contribution is 2.22. The Balaban J connectivity index is 2.16. The predicted molar refractivity (Wildman–Crippen MR) is 60.3 cm³/mol. The van der Waals surface area contributed by atoms with Crippen LogP contribution in [0.3, 0.4) is 0 Å². The van der Waals surface area contributed by atoms with Crippen molar-refractivity contribution in [2.24, 2.45) is 0 Å². The molecule has 3 nitrogen and oxygen atoms in total. The summed E-state index contributed by atoms with van der Waals surface area (Å²) in [4.78, 5) is 4.06. The number of anilines is 1. The summed E-state index contributed by atoms with van der Waals surface area (Å²) in [5, 5.41) is 2.91. The van der Waals surface area contributed by atoms with Crippen molar-refractivity contribution in [3.05, 3.63) is 48.4 Å². The van der Waals surface area contributed by atoms with Crippen LogP contribution in [-0.2, 0) is 0 Å². The third-order valence-electron chi connectivity index (χ3n) is 2.04. The smallest absolute Gasteiger partial charge is 0.132 e. The van der Waals surface area contributed by atoms with Crippen molar-refractivity contribution >= 4 is 5.82 Å². The second-order valence-electron chi connectivity index (χ2n) is 3.18. The van der Waals surface area contributed by atoms with Crippen molar-refractivity contribution in [2.45, 2.75) is 0 Å². The van der Waals surface area contributed by atoms with Gasteiger partial charge < -0.3 is 10.1 Å². The topological polar surface area (TPSA) is 34.1 Å². The van der Waals surface area contributed by atoms with Gasteiger partial charge in [0.15, 0.2) is 0 Å². The van der Waals surface area contributed by atoms with E-state index in [1.165, 1.54) is 12.1 Å². The summed E-state index contributed by atoms with van der Waals surface area (Å²) in [6.45, 7) is 0. The molecule has 82 valence electrons. The Labute approximate surface area is 92.9 Å². The minimum atomic E-state index is -0.280. The lowest BCUT2D eigenvalue weighted by molar-refractivity contribution is 0.480. The Bertz CT molecular complexity index is 471. The van der Waals surface area contributed by atoms with E-state index in [1.54, 1.807) is 37.5 Å². The zero-order valence-corrected chi connectivity index (χ0v) is 8.77. The number of aromatic nitrogens is 1. The van der Waals surface area contributed by atoms with Crippen LogP contribution in [0.25, 0.3) is 0 Å². The van der Waals surface area contributed by atoms with Gasteiger partial charge in [-0.1, -0.05) is 0 Å². The van der Waals surface area contributed by atoms with E-state index in [-0.39, 0.29) is 5.82 Å². The molecule has 0 aliphatic carbocycles. The maximum atomic E-state index is 12.7. The van der Waals surface area contributed by atoms with Crippen molar-refractivity contribution in [3.63, 3.8) is 0 Å². The molecule has 1 heterocycles. The molecule has 0 atom stereocenters. The van der Waals surface area contributed by atoms with E-state index in [4.69, 9.17) is 4.74 Å². The lowest BCUT2D eigenvalue weighted by Gasteiger charge is -2.06. The van der Waals surface area contributed by atoms with Gasteiger partial charge in [-0.2, -0.15) is 0 Å². The van der Waals surface area contributed by atoms with E-state index in [9.17, 15) is 4.39 Å². The largest absolute Gasteiger partial charge is 0.457 e. The Morgan fingerprint density at radius 2 is 1.88 bits per heavy atom. The average Bonchev–Trinajstić information content (AvgIpc) is 2.32. The predicted octanol–water partition coefficient (Wildman–Crippen LogP) is 3.05. The lowest BCUT2D eigenvalue weighted by atomic mass is 10.3. The molecule has 0 amide bonds. The summed E-state index contributed by atoms with van der Waals surface area (Å²) < 4.78 is 18.2. The first-order chi connectivity index (χ1) is 7.78. The number of hydrogen-bond donors (Lipinski definition) is 1. The Morgan fingerprint density at radius 3 is 2.56 bits per heavy atom. The number of ether oxygens (including phenoxy) is 1. The molecule has 2 aromatic rings. The number of rotatable bonds is 3. The molecule has 0 unspecified atom stereocenters. The zero-order chi connectivity index (χ0) is 11.4.